The van der Waals surface area contributed by atoms with Gasteiger partial charge in [-0.05, 0) is 71.9 Å². The Morgan fingerprint density at radius 2 is 1.74 bits per heavy atom. The number of imidazole rings is 1. The number of para-hydroxylation sites is 3. The summed E-state index contributed by atoms with van der Waals surface area (Å²) in [4.78, 5) is 25.0. The van der Waals surface area contributed by atoms with E-state index in [4.69, 9.17) is 15.2 Å². The first kappa shape index (κ1) is 26.1. The van der Waals surface area contributed by atoms with Gasteiger partial charge in [-0.2, -0.15) is 15.2 Å². The molecule has 2 aliphatic heterocycles. The van der Waals surface area contributed by atoms with Gasteiger partial charge in [-0.15, -0.1) is 22.7 Å². The number of carbonyl (C=O) groups excluding carboxylic acids is 1. The summed E-state index contributed by atoms with van der Waals surface area (Å²) in [5.74, 6) is 0.642. The number of aromatic nitrogens is 4. The van der Waals surface area contributed by atoms with Crippen molar-refractivity contribution in [3.63, 3.8) is 0 Å². The van der Waals surface area contributed by atoms with Gasteiger partial charge < -0.3 is 0 Å². The highest BCUT2D eigenvalue weighted by atomic mass is 32.2. The highest BCUT2D eigenvalue weighted by molar-refractivity contribution is 8.18. The summed E-state index contributed by atoms with van der Waals surface area (Å²) in [5.41, 5.74) is 5.66. The van der Waals surface area contributed by atoms with Gasteiger partial charge in [0.1, 0.15) is 12.1 Å². The number of nitrogens with zero attached hydrogens (tertiary/aromatic N) is 7. The maximum absolute atomic E-state index is 13.1. The summed E-state index contributed by atoms with van der Waals surface area (Å²) in [7, 11) is 0. The quantitative estimate of drug-likeness (QED) is 0.188. The van der Waals surface area contributed by atoms with Crippen LogP contribution in [0.2, 0.25) is 0 Å². The number of aryl methyl sites for hydroxylation is 1. The summed E-state index contributed by atoms with van der Waals surface area (Å²) in [6.45, 7) is 2.04. The number of benzene rings is 2. The highest BCUT2D eigenvalue weighted by Crippen LogP contribution is 2.43. The average Bonchev–Trinajstić information content (AvgIpc) is 3.87. The van der Waals surface area contributed by atoms with Crippen molar-refractivity contribution in [2.24, 2.45) is 10.1 Å². The first-order chi connectivity index (χ1) is 21.1. The third-order valence-corrected chi connectivity index (χ3v) is 10.1. The zero-order valence-corrected chi connectivity index (χ0v) is 25.3. The minimum atomic E-state index is -0.246. The molecule has 1 amide bonds. The van der Waals surface area contributed by atoms with Crippen LogP contribution >= 0.6 is 34.4 Å². The molecule has 210 valence electrons. The molecule has 0 fully saturated rings. The minimum Gasteiger partial charge on any atom is -0.283 e. The molecule has 0 spiro atoms. The van der Waals surface area contributed by atoms with Crippen molar-refractivity contribution < 1.29 is 4.79 Å². The predicted octanol–water partition coefficient (Wildman–Crippen LogP) is 7.46. The summed E-state index contributed by atoms with van der Waals surface area (Å²) in [6, 6.07) is 26.1. The van der Waals surface area contributed by atoms with Crippen LogP contribution in [-0.2, 0) is 4.79 Å². The number of thiophene rings is 2. The first-order valence-corrected chi connectivity index (χ1v) is 16.3. The van der Waals surface area contributed by atoms with Crippen LogP contribution < -0.4 is 0 Å². The Morgan fingerprint density at radius 3 is 2.56 bits per heavy atom. The Balaban J connectivity index is 1.30. The fourth-order valence-corrected chi connectivity index (χ4v) is 7.89. The standard InChI is InChI=1S/C32H23N7OS3/c1-20-29(31(38(35-20)21-9-3-2-4-10-21)37-19-33-23-12-5-6-13-25(23)37)26-18-24(27-14-8-16-42-27)36-39(26)32-34-30(40)28(43-32)17-22-11-7-15-41-22/h2-17,19,26H,18H2,1H3/b28-17-. The molecule has 0 aliphatic carbocycles. The van der Waals surface area contributed by atoms with Gasteiger partial charge in [0.25, 0.3) is 5.91 Å². The molecule has 11 heteroatoms. The fraction of sp³-hybridized carbons (Fsp3) is 0.0938. The van der Waals surface area contributed by atoms with E-state index in [-0.39, 0.29) is 11.9 Å². The van der Waals surface area contributed by atoms with E-state index in [1.165, 1.54) is 11.8 Å². The number of fused-ring (bicyclic) bond motifs is 1. The fourth-order valence-electron chi connectivity index (χ4n) is 5.53. The van der Waals surface area contributed by atoms with Crippen LogP contribution in [0, 0.1) is 6.92 Å². The van der Waals surface area contributed by atoms with E-state index in [2.05, 4.69) is 39.2 Å². The van der Waals surface area contributed by atoms with Crippen LogP contribution in [0.25, 0.3) is 28.6 Å². The van der Waals surface area contributed by atoms with Gasteiger partial charge in [0.2, 0.25) is 0 Å². The lowest BCUT2D eigenvalue weighted by molar-refractivity contribution is -0.113. The molecule has 0 bridgehead atoms. The van der Waals surface area contributed by atoms with E-state index in [0.717, 1.165) is 49.3 Å². The minimum absolute atomic E-state index is 0.245. The molecule has 0 saturated carbocycles. The molecular formula is C32H23N7OS3. The Labute approximate surface area is 259 Å². The molecule has 0 radical (unpaired) electrons. The lowest BCUT2D eigenvalue weighted by Crippen LogP contribution is -2.25. The summed E-state index contributed by atoms with van der Waals surface area (Å²) in [5, 5.41) is 16.8. The van der Waals surface area contributed by atoms with Crippen molar-refractivity contribution >= 4 is 68.3 Å². The largest absolute Gasteiger partial charge is 0.286 e. The average molecular weight is 618 g/mol. The van der Waals surface area contributed by atoms with Crippen LogP contribution in [0.15, 0.2) is 111 Å². The second-order valence-electron chi connectivity index (χ2n) is 10.1. The van der Waals surface area contributed by atoms with Gasteiger partial charge >= 0.3 is 0 Å². The maximum Gasteiger partial charge on any atom is 0.286 e. The van der Waals surface area contributed by atoms with Crippen molar-refractivity contribution in [1.29, 1.82) is 0 Å². The van der Waals surface area contributed by atoms with E-state index < -0.39 is 0 Å². The first-order valence-electron chi connectivity index (χ1n) is 13.7. The van der Waals surface area contributed by atoms with Crippen molar-refractivity contribution in [2.75, 3.05) is 0 Å². The smallest absolute Gasteiger partial charge is 0.283 e. The lowest BCUT2D eigenvalue weighted by atomic mass is 10.0. The van der Waals surface area contributed by atoms with Gasteiger partial charge in [-0.3, -0.25) is 9.36 Å². The number of carbonyl (C=O) groups is 1. The molecule has 2 aliphatic rings. The SMILES string of the molecule is Cc1nn(-c2ccccc2)c(-n2cnc3ccccc32)c1C1CC(c2cccs2)=NN1C1=NC(=O)/C(=C/c2cccs2)S1. The number of amides is 1. The monoisotopic (exact) mass is 617 g/mol. The van der Waals surface area contributed by atoms with E-state index in [1.807, 2.05) is 89.0 Å². The van der Waals surface area contributed by atoms with Crippen molar-refractivity contribution in [2.45, 2.75) is 19.4 Å². The third kappa shape index (κ3) is 4.56. The topological polar surface area (TPSA) is 80.7 Å². The predicted molar refractivity (Wildman–Crippen MR) is 175 cm³/mol. The Bertz CT molecular complexity index is 2070. The molecule has 6 heterocycles. The third-order valence-electron chi connectivity index (χ3n) is 7.43. The molecule has 43 heavy (non-hydrogen) atoms. The van der Waals surface area contributed by atoms with Crippen LogP contribution in [0.1, 0.15) is 33.5 Å². The van der Waals surface area contributed by atoms with E-state index in [9.17, 15) is 4.79 Å². The van der Waals surface area contributed by atoms with E-state index in [1.54, 1.807) is 22.7 Å². The maximum atomic E-state index is 13.1. The summed E-state index contributed by atoms with van der Waals surface area (Å²) < 4.78 is 4.09. The number of amidine groups is 1. The molecule has 1 unspecified atom stereocenters. The summed E-state index contributed by atoms with van der Waals surface area (Å²) in [6.07, 6.45) is 4.40. The normalized spacial score (nSPS) is 17.8. The molecule has 0 saturated heterocycles. The van der Waals surface area contributed by atoms with Gasteiger partial charge in [-0.25, -0.2) is 14.7 Å². The number of hydrogen-bond donors (Lipinski definition) is 0. The van der Waals surface area contributed by atoms with Gasteiger partial charge in [0.15, 0.2) is 5.17 Å². The Morgan fingerprint density at radius 1 is 0.930 bits per heavy atom. The van der Waals surface area contributed by atoms with Gasteiger partial charge in [0, 0.05) is 16.9 Å². The number of hydrazone groups is 1. The van der Waals surface area contributed by atoms with E-state index >= 15 is 0 Å². The van der Waals surface area contributed by atoms with Gasteiger partial charge in [0.05, 0.1) is 44.0 Å². The number of aliphatic imine (C=N–C) groups is 1. The lowest BCUT2D eigenvalue weighted by Gasteiger charge is -2.24. The molecular weight excluding hydrogens is 595 g/mol. The molecule has 8 nitrogen and oxygen atoms in total. The summed E-state index contributed by atoms with van der Waals surface area (Å²) >= 11 is 4.62. The van der Waals surface area contributed by atoms with Crippen LogP contribution in [-0.4, -0.2) is 41.1 Å². The van der Waals surface area contributed by atoms with Crippen molar-refractivity contribution in [1.82, 2.24) is 24.3 Å². The molecule has 2 aromatic carbocycles. The van der Waals surface area contributed by atoms with E-state index in [0.29, 0.717) is 16.5 Å². The Kier molecular flexibility index (Phi) is 6.43. The molecule has 6 aromatic rings. The second kappa shape index (κ2) is 10.6. The van der Waals surface area contributed by atoms with Gasteiger partial charge in [-0.1, -0.05) is 42.5 Å². The van der Waals surface area contributed by atoms with Crippen LogP contribution in [0.4, 0.5) is 0 Å². The molecule has 8 rings (SSSR count). The van der Waals surface area contributed by atoms with Crippen molar-refractivity contribution in [3.05, 3.63) is 122 Å². The van der Waals surface area contributed by atoms with Crippen molar-refractivity contribution in [3.8, 4) is 11.5 Å². The second-order valence-corrected chi connectivity index (χ2v) is 13.0. The molecule has 1 atom stereocenters. The Hall–Kier alpha value is -4.58. The highest BCUT2D eigenvalue weighted by Gasteiger charge is 2.40. The van der Waals surface area contributed by atoms with Crippen LogP contribution in [0.5, 0.6) is 0 Å². The number of rotatable bonds is 5. The zero-order valence-electron chi connectivity index (χ0n) is 22.9. The molecule has 4 aromatic heterocycles. The molecule has 0 N–H and O–H groups in total. The van der Waals surface area contributed by atoms with Crippen LogP contribution in [0.3, 0.4) is 0 Å². The number of hydrogen-bond acceptors (Lipinski definition) is 8. The zero-order chi connectivity index (χ0) is 28.9. The number of thioether (sulfide) groups is 1.